The largest absolute Gasteiger partial charge is 0.492 e. The van der Waals surface area contributed by atoms with E-state index in [-0.39, 0.29) is 17.6 Å². The Labute approximate surface area is 159 Å². The van der Waals surface area contributed by atoms with Gasteiger partial charge in [-0.05, 0) is 57.5 Å². The highest BCUT2D eigenvalue weighted by Crippen LogP contribution is 2.40. The first kappa shape index (κ1) is 18.6. The molecule has 2 aromatic carbocycles. The van der Waals surface area contributed by atoms with Crippen LogP contribution >= 0.6 is 11.6 Å². The molecule has 1 amide bonds. The van der Waals surface area contributed by atoms with Crippen LogP contribution in [-0.2, 0) is 0 Å². The van der Waals surface area contributed by atoms with Crippen LogP contribution in [0.5, 0.6) is 11.5 Å². The minimum Gasteiger partial charge on any atom is -0.492 e. The maximum Gasteiger partial charge on any atom is 0.251 e. The monoisotopic (exact) mass is 373 g/mol. The number of halogens is 1. The fourth-order valence-corrected chi connectivity index (χ4v) is 3.48. The number of aryl methyl sites for hydroxylation is 1. The molecule has 26 heavy (non-hydrogen) atoms. The fourth-order valence-electron chi connectivity index (χ4n) is 3.24. The van der Waals surface area contributed by atoms with Crippen LogP contribution in [-0.4, -0.2) is 18.1 Å². The van der Waals surface area contributed by atoms with Crippen LogP contribution in [0.1, 0.15) is 54.7 Å². The van der Waals surface area contributed by atoms with Crippen molar-refractivity contribution in [3.05, 3.63) is 58.1 Å². The van der Waals surface area contributed by atoms with Crippen molar-refractivity contribution in [1.82, 2.24) is 5.32 Å². The summed E-state index contributed by atoms with van der Waals surface area (Å²) in [6, 6.07) is 11.1. The van der Waals surface area contributed by atoms with Crippen LogP contribution in [0.15, 0.2) is 36.4 Å². The van der Waals surface area contributed by atoms with Crippen molar-refractivity contribution in [2.45, 2.75) is 45.8 Å². The molecule has 3 rings (SSSR count). The van der Waals surface area contributed by atoms with E-state index in [1.807, 2.05) is 45.9 Å². The first-order valence-corrected chi connectivity index (χ1v) is 9.19. The molecule has 0 bridgehead atoms. The Morgan fingerprint density at radius 3 is 2.77 bits per heavy atom. The van der Waals surface area contributed by atoms with Crippen LogP contribution < -0.4 is 14.8 Å². The molecule has 2 aromatic rings. The Hall–Kier alpha value is -2.20. The van der Waals surface area contributed by atoms with Crippen molar-refractivity contribution in [3.8, 4) is 11.5 Å². The molecular formula is C21H24ClNO3. The van der Waals surface area contributed by atoms with Gasteiger partial charge in [0.2, 0.25) is 0 Å². The molecule has 0 saturated heterocycles. The van der Waals surface area contributed by atoms with Gasteiger partial charge in [-0.3, -0.25) is 4.79 Å². The van der Waals surface area contributed by atoms with Gasteiger partial charge in [-0.2, -0.15) is 0 Å². The number of nitrogens with one attached hydrogen (secondary N) is 1. The normalized spacial score (nSPS) is 17.8. The molecule has 1 N–H and O–H groups in total. The minimum absolute atomic E-state index is 0.118. The summed E-state index contributed by atoms with van der Waals surface area (Å²) in [5, 5.41) is 3.56. The molecule has 1 aliphatic heterocycles. The summed E-state index contributed by atoms with van der Waals surface area (Å²) in [4.78, 5) is 12.8. The van der Waals surface area contributed by atoms with Gasteiger partial charge in [-0.1, -0.05) is 23.7 Å². The zero-order valence-electron chi connectivity index (χ0n) is 15.6. The van der Waals surface area contributed by atoms with E-state index in [4.69, 9.17) is 21.1 Å². The highest BCUT2D eigenvalue weighted by molar-refractivity contribution is 6.32. The van der Waals surface area contributed by atoms with E-state index >= 15 is 0 Å². The summed E-state index contributed by atoms with van der Waals surface area (Å²) in [5.41, 5.74) is 2.29. The molecule has 0 fully saturated rings. The Morgan fingerprint density at radius 1 is 1.31 bits per heavy atom. The number of fused-ring (bicyclic) bond motifs is 1. The topological polar surface area (TPSA) is 47.6 Å². The standard InChI is InChI=1S/C21H24ClNO3/c1-5-25-18-9-7-14(11-16(18)22)20(24)23-17-12-21(3,4)26-19-10-13(2)6-8-15(17)19/h6-11,17H,5,12H2,1-4H3,(H,23,24)/t17-/m0/s1. The summed E-state index contributed by atoms with van der Waals surface area (Å²) < 4.78 is 11.5. The predicted molar refractivity (Wildman–Crippen MR) is 103 cm³/mol. The van der Waals surface area contributed by atoms with Gasteiger partial charge in [0.25, 0.3) is 5.91 Å². The summed E-state index contributed by atoms with van der Waals surface area (Å²) in [6.45, 7) is 8.51. The number of amides is 1. The lowest BCUT2D eigenvalue weighted by atomic mass is 9.89. The molecule has 5 heteroatoms. The molecule has 138 valence electrons. The minimum atomic E-state index is -0.352. The molecule has 0 radical (unpaired) electrons. The number of hydrogen-bond acceptors (Lipinski definition) is 3. The van der Waals surface area contributed by atoms with Crippen molar-refractivity contribution in [3.63, 3.8) is 0 Å². The average molecular weight is 374 g/mol. The number of benzene rings is 2. The van der Waals surface area contributed by atoms with Gasteiger partial charge in [-0.15, -0.1) is 0 Å². The van der Waals surface area contributed by atoms with Crippen LogP contribution in [0.2, 0.25) is 5.02 Å². The molecule has 1 heterocycles. The van der Waals surface area contributed by atoms with Crippen molar-refractivity contribution >= 4 is 17.5 Å². The van der Waals surface area contributed by atoms with Gasteiger partial charge in [0.15, 0.2) is 0 Å². The average Bonchev–Trinajstić information content (AvgIpc) is 2.55. The molecular weight excluding hydrogens is 350 g/mol. The molecule has 0 aromatic heterocycles. The smallest absolute Gasteiger partial charge is 0.251 e. The van der Waals surface area contributed by atoms with Gasteiger partial charge in [0.1, 0.15) is 17.1 Å². The van der Waals surface area contributed by atoms with E-state index in [0.29, 0.717) is 29.4 Å². The van der Waals surface area contributed by atoms with E-state index in [1.165, 1.54) is 0 Å². The SMILES string of the molecule is CCOc1ccc(C(=O)N[C@H]2CC(C)(C)Oc3cc(C)ccc32)cc1Cl. The van der Waals surface area contributed by atoms with E-state index in [0.717, 1.165) is 16.9 Å². The molecule has 0 aliphatic carbocycles. The van der Waals surface area contributed by atoms with Crippen molar-refractivity contribution in [2.24, 2.45) is 0 Å². The zero-order valence-corrected chi connectivity index (χ0v) is 16.3. The lowest BCUT2D eigenvalue weighted by Gasteiger charge is -2.38. The van der Waals surface area contributed by atoms with Crippen molar-refractivity contribution in [2.75, 3.05) is 6.61 Å². The second-order valence-corrected chi connectivity index (χ2v) is 7.62. The van der Waals surface area contributed by atoms with Gasteiger partial charge >= 0.3 is 0 Å². The fraction of sp³-hybridized carbons (Fsp3) is 0.381. The summed E-state index contributed by atoms with van der Waals surface area (Å²) in [5.74, 6) is 1.25. The van der Waals surface area contributed by atoms with Crippen LogP contribution in [0.4, 0.5) is 0 Å². The van der Waals surface area contributed by atoms with Gasteiger partial charge in [-0.25, -0.2) is 0 Å². The van der Waals surface area contributed by atoms with Gasteiger partial charge < -0.3 is 14.8 Å². The third-order valence-electron chi connectivity index (χ3n) is 4.43. The quantitative estimate of drug-likeness (QED) is 0.812. The lowest BCUT2D eigenvalue weighted by molar-refractivity contribution is 0.0619. The third-order valence-corrected chi connectivity index (χ3v) is 4.72. The molecule has 4 nitrogen and oxygen atoms in total. The van der Waals surface area contributed by atoms with Crippen molar-refractivity contribution in [1.29, 1.82) is 0 Å². The predicted octanol–water partition coefficient (Wildman–Crippen LogP) is 5.08. The number of ether oxygens (including phenoxy) is 2. The first-order valence-electron chi connectivity index (χ1n) is 8.82. The second kappa shape index (κ2) is 7.20. The highest BCUT2D eigenvalue weighted by atomic mass is 35.5. The Balaban J connectivity index is 1.84. The van der Waals surface area contributed by atoms with E-state index in [9.17, 15) is 4.79 Å². The molecule has 0 spiro atoms. The number of hydrogen-bond donors (Lipinski definition) is 1. The van der Waals surface area contributed by atoms with Crippen LogP contribution in [0.25, 0.3) is 0 Å². The first-order chi connectivity index (χ1) is 12.3. The van der Waals surface area contributed by atoms with E-state index in [2.05, 4.69) is 5.32 Å². The Bertz CT molecular complexity index is 832. The van der Waals surface area contributed by atoms with Crippen molar-refractivity contribution < 1.29 is 14.3 Å². The Morgan fingerprint density at radius 2 is 2.08 bits per heavy atom. The number of carbonyl (C=O) groups excluding carboxylic acids is 1. The number of carbonyl (C=O) groups is 1. The Kier molecular flexibility index (Phi) is 5.15. The van der Waals surface area contributed by atoms with Gasteiger partial charge in [0, 0.05) is 17.5 Å². The zero-order chi connectivity index (χ0) is 18.9. The van der Waals surface area contributed by atoms with Crippen LogP contribution in [0.3, 0.4) is 0 Å². The number of rotatable bonds is 4. The molecule has 1 aliphatic rings. The summed E-state index contributed by atoms with van der Waals surface area (Å²) >= 11 is 6.21. The maximum atomic E-state index is 12.8. The third kappa shape index (κ3) is 3.96. The summed E-state index contributed by atoms with van der Waals surface area (Å²) in [6.07, 6.45) is 0.694. The molecule has 0 unspecified atom stereocenters. The molecule has 1 atom stereocenters. The lowest BCUT2D eigenvalue weighted by Crippen LogP contribution is -2.41. The van der Waals surface area contributed by atoms with E-state index in [1.54, 1.807) is 18.2 Å². The summed E-state index contributed by atoms with van der Waals surface area (Å²) in [7, 11) is 0. The molecule has 0 saturated carbocycles. The highest BCUT2D eigenvalue weighted by Gasteiger charge is 2.34. The maximum absolute atomic E-state index is 12.8. The second-order valence-electron chi connectivity index (χ2n) is 7.21. The van der Waals surface area contributed by atoms with Crippen LogP contribution in [0, 0.1) is 6.92 Å². The van der Waals surface area contributed by atoms with Gasteiger partial charge in [0.05, 0.1) is 17.7 Å². The van der Waals surface area contributed by atoms with E-state index < -0.39 is 0 Å².